The molecule has 3 atom stereocenters. The van der Waals surface area contributed by atoms with E-state index in [2.05, 4.69) is 5.32 Å². The summed E-state index contributed by atoms with van der Waals surface area (Å²) in [5, 5.41) is 11.7. The summed E-state index contributed by atoms with van der Waals surface area (Å²) >= 11 is 0. The van der Waals surface area contributed by atoms with Crippen molar-refractivity contribution in [2.75, 3.05) is 0 Å². The molecule has 0 radical (unpaired) electrons. The third-order valence-corrected chi connectivity index (χ3v) is 3.68. The van der Waals surface area contributed by atoms with Crippen LogP contribution in [-0.4, -0.2) is 34.7 Å². The van der Waals surface area contributed by atoms with E-state index in [-0.39, 0.29) is 6.42 Å². The summed E-state index contributed by atoms with van der Waals surface area (Å²) in [7, 11) is 0. The Hall–Kier alpha value is -2.24. The number of benzene rings is 1. The predicted molar refractivity (Wildman–Crippen MR) is 75.4 cm³/mol. The quantitative estimate of drug-likeness (QED) is 0.880. The maximum absolute atomic E-state index is 12.3. The first-order valence-electron chi connectivity index (χ1n) is 6.85. The molecular formula is C15H19NO5. The fourth-order valence-electron chi connectivity index (χ4n) is 2.04. The monoisotopic (exact) mass is 293 g/mol. The molecule has 21 heavy (non-hydrogen) atoms. The highest BCUT2D eigenvalue weighted by atomic mass is 16.6. The lowest BCUT2D eigenvalue weighted by molar-refractivity contribution is -0.149. The number of rotatable bonds is 4. The largest absolute Gasteiger partial charge is 0.482 e. The highest BCUT2D eigenvalue weighted by Gasteiger charge is 2.40. The van der Waals surface area contributed by atoms with Crippen LogP contribution in [0.1, 0.15) is 27.2 Å². The van der Waals surface area contributed by atoms with E-state index in [1.807, 2.05) is 6.07 Å². The van der Waals surface area contributed by atoms with Gasteiger partial charge < -0.3 is 19.9 Å². The van der Waals surface area contributed by atoms with Crippen LogP contribution in [-0.2, 0) is 9.59 Å². The maximum Gasteiger partial charge on any atom is 0.329 e. The Kier molecular flexibility index (Phi) is 4.06. The average Bonchev–Trinajstić information content (AvgIpc) is 2.46. The molecule has 2 N–H and O–H groups in total. The molecular weight excluding hydrogens is 274 g/mol. The smallest absolute Gasteiger partial charge is 0.329 e. The average molecular weight is 293 g/mol. The van der Waals surface area contributed by atoms with Crippen molar-refractivity contribution >= 4 is 11.9 Å². The number of carboxylic acid groups (broad SMARTS) is 1. The van der Waals surface area contributed by atoms with Gasteiger partial charge in [-0.2, -0.15) is 0 Å². The highest BCUT2D eigenvalue weighted by Crippen LogP contribution is 2.33. The van der Waals surface area contributed by atoms with E-state index >= 15 is 0 Å². The second-order valence-corrected chi connectivity index (χ2v) is 5.29. The number of carbonyl (C=O) groups is 2. The highest BCUT2D eigenvalue weighted by molar-refractivity contribution is 5.89. The molecule has 6 heteroatoms. The van der Waals surface area contributed by atoms with Gasteiger partial charge >= 0.3 is 5.97 Å². The van der Waals surface area contributed by atoms with Gasteiger partial charge in [-0.25, -0.2) is 4.79 Å². The van der Waals surface area contributed by atoms with Crippen molar-refractivity contribution in [3.8, 4) is 11.5 Å². The fraction of sp³-hybridized carbons (Fsp3) is 0.467. The molecule has 3 unspecified atom stereocenters. The van der Waals surface area contributed by atoms with Gasteiger partial charge in [0.05, 0.1) is 0 Å². The van der Waals surface area contributed by atoms with Gasteiger partial charge in [-0.3, -0.25) is 4.79 Å². The van der Waals surface area contributed by atoms with Gasteiger partial charge in [-0.1, -0.05) is 19.1 Å². The number of hydrogen-bond acceptors (Lipinski definition) is 4. The molecule has 0 aliphatic carbocycles. The summed E-state index contributed by atoms with van der Waals surface area (Å²) < 4.78 is 11.3. The summed E-state index contributed by atoms with van der Waals surface area (Å²) in [4.78, 5) is 23.6. The van der Waals surface area contributed by atoms with Gasteiger partial charge in [-0.15, -0.1) is 0 Å². The lowest BCUT2D eigenvalue weighted by atomic mass is 9.98. The number of ether oxygens (including phenoxy) is 2. The Bertz CT molecular complexity index is 559. The van der Waals surface area contributed by atoms with Gasteiger partial charge in [0.15, 0.2) is 11.5 Å². The number of hydrogen-bond donors (Lipinski definition) is 2. The van der Waals surface area contributed by atoms with Crippen LogP contribution < -0.4 is 14.8 Å². The molecule has 6 nitrogen and oxygen atoms in total. The van der Waals surface area contributed by atoms with Crippen molar-refractivity contribution in [2.24, 2.45) is 0 Å². The molecule has 1 heterocycles. The lowest BCUT2D eigenvalue weighted by Gasteiger charge is -2.33. The van der Waals surface area contributed by atoms with Gasteiger partial charge in [0.25, 0.3) is 5.91 Å². The number of amides is 1. The van der Waals surface area contributed by atoms with E-state index in [1.165, 1.54) is 6.92 Å². The van der Waals surface area contributed by atoms with Crippen molar-refractivity contribution in [3.63, 3.8) is 0 Å². The second-order valence-electron chi connectivity index (χ2n) is 5.29. The Labute approximate surface area is 123 Å². The summed E-state index contributed by atoms with van der Waals surface area (Å²) in [5.74, 6) is -0.526. The minimum Gasteiger partial charge on any atom is -0.482 e. The topological polar surface area (TPSA) is 84.9 Å². The van der Waals surface area contributed by atoms with Gasteiger partial charge in [-0.05, 0) is 32.4 Å². The number of carbonyl (C=O) groups excluding carboxylic acids is 1. The number of carboxylic acids is 1. The van der Waals surface area contributed by atoms with Gasteiger partial charge in [0, 0.05) is 0 Å². The second kappa shape index (κ2) is 5.63. The third kappa shape index (κ3) is 2.94. The summed E-state index contributed by atoms with van der Waals surface area (Å²) in [6, 6.07) is 7.06. The molecule has 1 aliphatic rings. The molecule has 2 rings (SSSR count). The van der Waals surface area contributed by atoms with Gasteiger partial charge in [0.2, 0.25) is 6.10 Å². The zero-order chi connectivity index (χ0) is 15.6. The predicted octanol–water partition coefficient (Wildman–Crippen LogP) is 1.58. The number of aliphatic carboxylic acids is 1. The van der Waals surface area contributed by atoms with Crippen LogP contribution >= 0.6 is 0 Å². The Morgan fingerprint density at radius 1 is 1.29 bits per heavy atom. The Morgan fingerprint density at radius 2 is 1.86 bits per heavy atom. The maximum atomic E-state index is 12.3. The standard InChI is InChI=1S/C15H19NO5/c1-4-15(3,14(18)19)16-13(17)12-9(2)20-10-7-5-6-8-11(10)21-12/h5-9,12H,4H2,1-3H3,(H,16,17)(H,18,19). The zero-order valence-electron chi connectivity index (χ0n) is 12.3. The first-order valence-corrected chi connectivity index (χ1v) is 6.85. The van der Waals surface area contributed by atoms with Crippen LogP contribution in [0.5, 0.6) is 11.5 Å². The van der Waals surface area contributed by atoms with Crippen LogP contribution in [0, 0.1) is 0 Å². The number of fused-ring (bicyclic) bond motifs is 1. The fourth-order valence-corrected chi connectivity index (χ4v) is 2.04. The van der Waals surface area contributed by atoms with Crippen LogP contribution in [0.3, 0.4) is 0 Å². The molecule has 1 aromatic rings. The minimum atomic E-state index is -1.32. The summed E-state index contributed by atoms with van der Waals surface area (Å²) in [5.41, 5.74) is -1.32. The molecule has 1 aromatic carbocycles. The van der Waals surface area contributed by atoms with E-state index in [9.17, 15) is 14.7 Å². The normalized spacial score (nSPS) is 23.0. The van der Waals surface area contributed by atoms with Crippen molar-refractivity contribution in [2.45, 2.75) is 44.9 Å². The van der Waals surface area contributed by atoms with Crippen LogP contribution in [0.15, 0.2) is 24.3 Å². The molecule has 114 valence electrons. The molecule has 0 saturated carbocycles. The number of nitrogens with one attached hydrogen (secondary N) is 1. The minimum absolute atomic E-state index is 0.270. The van der Waals surface area contributed by atoms with Crippen LogP contribution in [0.2, 0.25) is 0 Å². The van der Waals surface area contributed by atoms with E-state index in [1.54, 1.807) is 32.0 Å². The summed E-state index contributed by atoms with van der Waals surface area (Å²) in [6.45, 7) is 4.88. The first kappa shape index (κ1) is 15.2. The van der Waals surface area contributed by atoms with E-state index < -0.39 is 29.6 Å². The Balaban J connectivity index is 2.15. The first-order chi connectivity index (χ1) is 9.87. The molecule has 0 aromatic heterocycles. The van der Waals surface area contributed by atoms with Crippen molar-refractivity contribution in [1.29, 1.82) is 0 Å². The summed E-state index contributed by atoms with van der Waals surface area (Å²) in [6.07, 6.45) is -1.12. The lowest BCUT2D eigenvalue weighted by Crippen LogP contribution is -2.58. The molecule has 0 saturated heterocycles. The van der Waals surface area contributed by atoms with Crippen molar-refractivity contribution in [1.82, 2.24) is 5.32 Å². The molecule has 1 amide bonds. The molecule has 0 bridgehead atoms. The molecule has 0 spiro atoms. The van der Waals surface area contributed by atoms with Crippen molar-refractivity contribution in [3.05, 3.63) is 24.3 Å². The van der Waals surface area contributed by atoms with E-state index in [4.69, 9.17) is 9.47 Å². The number of para-hydroxylation sites is 2. The molecule has 1 aliphatic heterocycles. The van der Waals surface area contributed by atoms with Crippen molar-refractivity contribution < 1.29 is 24.2 Å². The zero-order valence-corrected chi connectivity index (χ0v) is 12.3. The molecule has 0 fully saturated rings. The third-order valence-electron chi connectivity index (χ3n) is 3.68. The Morgan fingerprint density at radius 3 is 2.38 bits per heavy atom. The van der Waals surface area contributed by atoms with Gasteiger partial charge in [0.1, 0.15) is 11.6 Å². The SMILES string of the molecule is CCC(C)(NC(=O)C1Oc2ccccc2OC1C)C(=O)O. The van der Waals surface area contributed by atoms with E-state index in [0.29, 0.717) is 11.5 Å². The van der Waals surface area contributed by atoms with Crippen LogP contribution in [0.25, 0.3) is 0 Å². The van der Waals surface area contributed by atoms with E-state index in [0.717, 1.165) is 0 Å². The van der Waals surface area contributed by atoms with Crippen LogP contribution in [0.4, 0.5) is 0 Å².